The molecule has 0 aromatic heterocycles. The molecule has 158 valence electrons. The Kier molecular flexibility index (Phi) is 9.40. The van der Waals surface area contributed by atoms with Crippen LogP contribution in [0, 0.1) is 5.92 Å². The Morgan fingerprint density at radius 2 is 1.68 bits per heavy atom. The molecule has 1 atom stereocenters. The van der Waals surface area contributed by atoms with E-state index in [1.54, 1.807) is 38.1 Å². The number of rotatable bonds is 10. The Bertz CT molecular complexity index is 763. The maximum Gasteiger partial charge on any atom is 0.407 e. The molecule has 3 N–H and O–H groups in total. The molecule has 0 aliphatic rings. The topological polar surface area (TPSA) is 114 Å². The highest BCUT2D eigenvalue weighted by molar-refractivity contribution is 7.88. The summed E-state index contributed by atoms with van der Waals surface area (Å²) in [7, 11) is -2.25. The highest BCUT2D eigenvalue weighted by Gasteiger charge is 2.22. The summed E-state index contributed by atoms with van der Waals surface area (Å²) in [5, 5.41) is 5.31. The minimum absolute atomic E-state index is 0.156. The predicted molar refractivity (Wildman–Crippen MR) is 108 cm³/mol. The van der Waals surface area contributed by atoms with Crippen molar-refractivity contribution in [3.63, 3.8) is 0 Å². The van der Waals surface area contributed by atoms with Crippen LogP contribution in [0.5, 0.6) is 0 Å². The lowest BCUT2D eigenvalue weighted by molar-refractivity contribution is -0.123. The number of carbonyl (C=O) groups is 2. The van der Waals surface area contributed by atoms with Crippen LogP contribution in [0.3, 0.4) is 0 Å². The zero-order valence-electron chi connectivity index (χ0n) is 17.1. The Hall–Kier alpha value is -2.13. The van der Waals surface area contributed by atoms with E-state index in [0.717, 1.165) is 0 Å². The number of sulfonamides is 1. The summed E-state index contributed by atoms with van der Waals surface area (Å²) in [5.74, 6) is -0.336. The van der Waals surface area contributed by atoms with Crippen molar-refractivity contribution in [2.45, 2.75) is 58.5 Å². The van der Waals surface area contributed by atoms with E-state index in [9.17, 15) is 18.0 Å². The van der Waals surface area contributed by atoms with Gasteiger partial charge >= 0.3 is 6.09 Å². The summed E-state index contributed by atoms with van der Waals surface area (Å²) in [6.45, 7) is 7.56. The van der Waals surface area contributed by atoms with E-state index < -0.39 is 22.2 Å². The number of methoxy groups -OCH3 is 1. The van der Waals surface area contributed by atoms with Gasteiger partial charge in [0, 0.05) is 12.6 Å². The van der Waals surface area contributed by atoms with Gasteiger partial charge in [-0.15, -0.1) is 0 Å². The Labute approximate surface area is 167 Å². The van der Waals surface area contributed by atoms with Crippen LogP contribution >= 0.6 is 0 Å². The predicted octanol–water partition coefficient (Wildman–Crippen LogP) is 1.90. The number of hydrogen-bond donors (Lipinski definition) is 3. The normalized spacial score (nSPS) is 12.7. The lowest BCUT2D eigenvalue weighted by Gasteiger charge is -2.20. The lowest BCUT2D eigenvalue weighted by atomic mass is 10.0. The van der Waals surface area contributed by atoms with E-state index in [4.69, 9.17) is 0 Å². The molecule has 28 heavy (non-hydrogen) atoms. The van der Waals surface area contributed by atoms with Gasteiger partial charge in [-0.25, -0.2) is 17.9 Å². The molecule has 0 saturated heterocycles. The number of carbonyl (C=O) groups excluding carboxylic acids is 2. The van der Waals surface area contributed by atoms with Gasteiger partial charge in [-0.2, -0.15) is 0 Å². The van der Waals surface area contributed by atoms with Gasteiger partial charge in [0.2, 0.25) is 15.9 Å². The van der Waals surface area contributed by atoms with Gasteiger partial charge in [-0.05, 0) is 37.3 Å². The van der Waals surface area contributed by atoms with E-state index in [1.165, 1.54) is 7.11 Å². The molecule has 0 spiro atoms. The van der Waals surface area contributed by atoms with Gasteiger partial charge in [-0.1, -0.05) is 38.1 Å². The van der Waals surface area contributed by atoms with E-state index in [-0.39, 0.29) is 30.2 Å². The first-order chi connectivity index (χ1) is 13.0. The summed E-state index contributed by atoms with van der Waals surface area (Å²) in [4.78, 5) is 24.0. The number of amides is 2. The van der Waals surface area contributed by atoms with Crippen LogP contribution in [0.25, 0.3) is 0 Å². The van der Waals surface area contributed by atoms with Gasteiger partial charge < -0.3 is 15.4 Å². The van der Waals surface area contributed by atoms with Crippen LogP contribution in [0.2, 0.25) is 0 Å². The standard InChI is InChI=1S/C19H31N3O5S/c1-13(2)10-17(21-19(24)27-5)18(23)20-11-15-8-6-7-9-16(15)12-28(25,26)22-14(3)4/h6-9,13-14,17,22H,10-12H2,1-5H3,(H,20,23)(H,21,24). The van der Waals surface area contributed by atoms with Gasteiger partial charge in [0.25, 0.3) is 0 Å². The lowest BCUT2D eigenvalue weighted by Crippen LogP contribution is -2.47. The quantitative estimate of drug-likeness (QED) is 0.542. The Morgan fingerprint density at radius 3 is 2.21 bits per heavy atom. The number of alkyl carbamates (subject to hydrolysis) is 1. The number of ether oxygens (including phenoxy) is 1. The SMILES string of the molecule is COC(=O)NC(CC(C)C)C(=O)NCc1ccccc1CS(=O)(=O)NC(C)C. The molecule has 1 aromatic rings. The average Bonchev–Trinajstić information content (AvgIpc) is 2.58. The second kappa shape index (κ2) is 11.0. The van der Waals surface area contributed by atoms with E-state index in [1.807, 2.05) is 13.8 Å². The third kappa shape index (κ3) is 8.71. The first-order valence-corrected chi connectivity index (χ1v) is 10.9. The molecular weight excluding hydrogens is 382 g/mol. The van der Waals surface area contributed by atoms with Crippen LogP contribution in [0.4, 0.5) is 4.79 Å². The third-order valence-corrected chi connectivity index (χ3v) is 5.35. The summed E-state index contributed by atoms with van der Waals surface area (Å²) in [5.41, 5.74) is 1.31. The number of nitrogens with one attached hydrogen (secondary N) is 3. The molecule has 0 radical (unpaired) electrons. The molecule has 1 rings (SSSR count). The minimum Gasteiger partial charge on any atom is -0.453 e. The van der Waals surface area contributed by atoms with Crippen molar-refractivity contribution in [3.05, 3.63) is 35.4 Å². The monoisotopic (exact) mass is 413 g/mol. The largest absolute Gasteiger partial charge is 0.453 e. The number of hydrogen-bond acceptors (Lipinski definition) is 5. The molecule has 8 nitrogen and oxygen atoms in total. The van der Waals surface area contributed by atoms with E-state index in [0.29, 0.717) is 17.5 Å². The summed E-state index contributed by atoms with van der Waals surface area (Å²) in [6.07, 6.45) is -0.220. The highest BCUT2D eigenvalue weighted by atomic mass is 32.2. The Balaban J connectivity index is 2.85. The maximum absolute atomic E-state index is 12.5. The Morgan fingerprint density at radius 1 is 1.07 bits per heavy atom. The third-order valence-electron chi connectivity index (χ3n) is 3.83. The molecule has 2 amide bonds. The van der Waals surface area contributed by atoms with Gasteiger partial charge in [0.1, 0.15) is 6.04 Å². The molecule has 1 aromatic carbocycles. The van der Waals surface area contributed by atoms with Crippen LogP contribution in [-0.4, -0.2) is 39.6 Å². The van der Waals surface area contributed by atoms with Crippen molar-refractivity contribution in [1.29, 1.82) is 0 Å². The average molecular weight is 414 g/mol. The van der Waals surface area contributed by atoms with Crippen molar-refractivity contribution in [3.8, 4) is 0 Å². The van der Waals surface area contributed by atoms with E-state index in [2.05, 4.69) is 20.1 Å². The van der Waals surface area contributed by atoms with Gasteiger partial charge in [-0.3, -0.25) is 4.79 Å². The molecule has 9 heteroatoms. The molecule has 0 aliphatic heterocycles. The van der Waals surface area contributed by atoms with Crippen LogP contribution in [0.15, 0.2) is 24.3 Å². The molecular formula is C19H31N3O5S. The first-order valence-electron chi connectivity index (χ1n) is 9.23. The fourth-order valence-electron chi connectivity index (χ4n) is 2.69. The van der Waals surface area contributed by atoms with Crippen molar-refractivity contribution in [2.24, 2.45) is 5.92 Å². The molecule has 0 bridgehead atoms. The fraction of sp³-hybridized carbons (Fsp3) is 0.579. The van der Waals surface area contributed by atoms with E-state index >= 15 is 0 Å². The zero-order chi connectivity index (χ0) is 21.3. The molecule has 0 fully saturated rings. The second-order valence-electron chi connectivity index (χ2n) is 7.34. The van der Waals surface area contributed by atoms with Gasteiger partial charge in [0.05, 0.1) is 12.9 Å². The molecule has 0 aliphatic carbocycles. The van der Waals surface area contributed by atoms with Crippen LogP contribution in [0.1, 0.15) is 45.2 Å². The molecule has 0 saturated carbocycles. The number of benzene rings is 1. The van der Waals surface area contributed by atoms with Crippen molar-refractivity contribution < 1.29 is 22.7 Å². The van der Waals surface area contributed by atoms with Crippen molar-refractivity contribution in [2.75, 3.05) is 7.11 Å². The van der Waals surface area contributed by atoms with Crippen molar-refractivity contribution >= 4 is 22.0 Å². The zero-order valence-corrected chi connectivity index (χ0v) is 17.9. The van der Waals surface area contributed by atoms with Crippen molar-refractivity contribution in [1.82, 2.24) is 15.4 Å². The highest BCUT2D eigenvalue weighted by Crippen LogP contribution is 2.13. The fourth-order valence-corrected chi connectivity index (χ4v) is 4.18. The summed E-state index contributed by atoms with van der Waals surface area (Å²) < 4.78 is 31.6. The molecule has 1 unspecified atom stereocenters. The first kappa shape index (κ1) is 23.9. The minimum atomic E-state index is -3.48. The smallest absolute Gasteiger partial charge is 0.407 e. The maximum atomic E-state index is 12.5. The summed E-state index contributed by atoms with van der Waals surface area (Å²) >= 11 is 0. The van der Waals surface area contributed by atoms with Crippen LogP contribution < -0.4 is 15.4 Å². The molecule has 0 heterocycles. The van der Waals surface area contributed by atoms with Gasteiger partial charge in [0.15, 0.2) is 0 Å². The summed E-state index contributed by atoms with van der Waals surface area (Å²) in [6, 6.07) is 6.10. The second-order valence-corrected chi connectivity index (χ2v) is 9.09. The van der Waals surface area contributed by atoms with Crippen LogP contribution in [-0.2, 0) is 31.9 Å².